The predicted molar refractivity (Wildman–Crippen MR) is 112 cm³/mol. The Hall–Kier alpha value is -4.02. The van der Waals surface area contributed by atoms with Crippen LogP contribution in [0.5, 0.6) is 6.01 Å². The average Bonchev–Trinajstić information content (AvgIpc) is 3.43. The number of halogens is 4. The molecule has 0 spiro atoms. The molecule has 0 amide bonds. The van der Waals surface area contributed by atoms with Gasteiger partial charge in [0, 0.05) is 60.6 Å². The summed E-state index contributed by atoms with van der Waals surface area (Å²) in [4.78, 5) is 12.7. The van der Waals surface area contributed by atoms with Crippen LogP contribution in [0, 0.1) is 5.82 Å². The van der Waals surface area contributed by atoms with E-state index in [-0.39, 0.29) is 6.01 Å². The summed E-state index contributed by atoms with van der Waals surface area (Å²) in [5.41, 5.74) is 3.25. The van der Waals surface area contributed by atoms with E-state index in [4.69, 9.17) is 4.74 Å². The van der Waals surface area contributed by atoms with Crippen molar-refractivity contribution in [2.45, 2.75) is 12.6 Å². The zero-order valence-corrected chi connectivity index (χ0v) is 17.4. The zero-order chi connectivity index (χ0) is 23.3. The summed E-state index contributed by atoms with van der Waals surface area (Å²) < 4.78 is 60.5. The van der Waals surface area contributed by atoms with Crippen molar-refractivity contribution in [3.63, 3.8) is 0 Å². The molecule has 0 saturated heterocycles. The molecular weight excluding hydrogens is 440 g/mol. The van der Waals surface area contributed by atoms with Crippen LogP contribution in [0.15, 0.2) is 43.0 Å². The van der Waals surface area contributed by atoms with Gasteiger partial charge in [0.25, 0.3) is 0 Å². The van der Waals surface area contributed by atoms with Gasteiger partial charge in [0.15, 0.2) is 5.69 Å². The van der Waals surface area contributed by atoms with E-state index in [2.05, 4.69) is 25.4 Å². The van der Waals surface area contributed by atoms with Crippen LogP contribution in [-0.2, 0) is 12.6 Å². The Bertz CT molecular complexity index is 1360. The number of methoxy groups -OCH3 is 1. The first kappa shape index (κ1) is 20.9. The minimum absolute atomic E-state index is 0.138. The maximum absolute atomic E-state index is 14.4. The van der Waals surface area contributed by atoms with Crippen molar-refractivity contribution in [1.82, 2.24) is 24.7 Å². The van der Waals surface area contributed by atoms with Gasteiger partial charge >= 0.3 is 12.2 Å². The van der Waals surface area contributed by atoms with Gasteiger partial charge in [-0.3, -0.25) is 4.98 Å². The van der Waals surface area contributed by atoms with Gasteiger partial charge in [-0.15, -0.1) is 0 Å². The fourth-order valence-corrected chi connectivity index (χ4v) is 4.01. The first-order chi connectivity index (χ1) is 15.8. The Balaban J connectivity index is 1.80. The number of nitrogens with one attached hydrogen (secondary N) is 1. The van der Waals surface area contributed by atoms with Crippen molar-refractivity contribution in [2.24, 2.45) is 0 Å². The van der Waals surface area contributed by atoms with E-state index in [0.717, 1.165) is 16.3 Å². The molecule has 33 heavy (non-hydrogen) atoms. The molecule has 4 aromatic rings. The monoisotopic (exact) mass is 456 g/mol. The number of hydrogen-bond donors (Lipinski definition) is 1. The fraction of sp³-hybridized carbons (Fsp3) is 0.182. The standard InChI is InChI=1S/C22H16F4N6O/c1-27-16-6-12(23)5-14-13(16)7-17-19(14)20(32-4-3-18(31-32)22(24,25)26)15(10-28-17)11-8-29-21(33-2)30-9-11/h3-6,8-10,27H,7H2,1-2H3. The van der Waals surface area contributed by atoms with Gasteiger partial charge in [-0.1, -0.05) is 0 Å². The van der Waals surface area contributed by atoms with Crippen LogP contribution in [0.4, 0.5) is 23.2 Å². The maximum Gasteiger partial charge on any atom is 0.435 e. The van der Waals surface area contributed by atoms with E-state index in [0.29, 0.717) is 45.7 Å². The fourth-order valence-electron chi connectivity index (χ4n) is 4.01. The SMILES string of the molecule is CNc1cc(F)cc2c1Cc1ncc(-c3cnc(OC)nc3)c(-n3ccc(C(F)(F)F)n3)c1-2. The molecular formula is C22H16F4N6O. The molecule has 5 rings (SSSR count). The van der Waals surface area contributed by atoms with Crippen LogP contribution >= 0.6 is 0 Å². The zero-order valence-electron chi connectivity index (χ0n) is 17.4. The highest BCUT2D eigenvalue weighted by atomic mass is 19.4. The number of alkyl halides is 3. The third-order valence-corrected chi connectivity index (χ3v) is 5.46. The van der Waals surface area contributed by atoms with Gasteiger partial charge in [-0.25, -0.2) is 19.0 Å². The molecule has 3 aromatic heterocycles. The molecule has 1 aliphatic carbocycles. The second-order valence-electron chi connectivity index (χ2n) is 7.35. The molecule has 0 unspecified atom stereocenters. The molecule has 3 heterocycles. The van der Waals surface area contributed by atoms with Crippen molar-refractivity contribution in [1.29, 1.82) is 0 Å². The molecule has 0 fully saturated rings. The van der Waals surface area contributed by atoms with Crippen molar-refractivity contribution >= 4 is 5.69 Å². The molecule has 0 bridgehead atoms. The lowest BCUT2D eigenvalue weighted by Crippen LogP contribution is -2.09. The summed E-state index contributed by atoms with van der Waals surface area (Å²) in [6, 6.07) is 3.76. The van der Waals surface area contributed by atoms with Gasteiger partial charge in [-0.2, -0.15) is 18.3 Å². The highest BCUT2D eigenvalue weighted by Crippen LogP contribution is 2.46. The molecule has 7 nitrogen and oxygen atoms in total. The summed E-state index contributed by atoms with van der Waals surface area (Å²) in [7, 11) is 3.10. The van der Waals surface area contributed by atoms with Crippen molar-refractivity contribution < 1.29 is 22.3 Å². The first-order valence-corrected chi connectivity index (χ1v) is 9.82. The normalized spacial score (nSPS) is 12.4. The molecule has 0 saturated carbocycles. The average molecular weight is 456 g/mol. The van der Waals surface area contributed by atoms with Gasteiger partial charge in [-0.05, 0) is 29.3 Å². The summed E-state index contributed by atoms with van der Waals surface area (Å²) >= 11 is 0. The van der Waals surface area contributed by atoms with Crippen LogP contribution in [-0.4, -0.2) is 38.9 Å². The van der Waals surface area contributed by atoms with Crippen LogP contribution < -0.4 is 10.1 Å². The Morgan fingerprint density at radius 2 is 1.82 bits per heavy atom. The second kappa shape index (κ2) is 7.54. The minimum Gasteiger partial charge on any atom is -0.467 e. The highest BCUT2D eigenvalue weighted by Gasteiger charge is 2.35. The lowest BCUT2D eigenvalue weighted by molar-refractivity contribution is -0.141. The quantitative estimate of drug-likeness (QED) is 0.401. The molecule has 168 valence electrons. The molecule has 1 aromatic carbocycles. The molecule has 0 atom stereocenters. The van der Waals surface area contributed by atoms with E-state index >= 15 is 0 Å². The molecule has 1 aliphatic rings. The summed E-state index contributed by atoms with van der Waals surface area (Å²) in [6.07, 6.45) is 1.49. The molecule has 0 radical (unpaired) electrons. The lowest BCUT2D eigenvalue weighted by atomic mass is 9.99. The lowest BCUT2D eigenvalue weighted by Gasteiger charge is -2.15. The maximum atomic E-state index is 14.4. The Morgan fingerprint density at radius 1 is 1.06 bits per heavy atom. The number of benzene rings is 1. The first-order valence-electron chi connectivity index (χ1n) is 9.82. The smallest absolute Gasteiger partial charge is 0.435 e. The highest BCUT2D eigenvalue weighted by molar-refractivity contribution is 5.91. The summed E-state index contributed by atoms with van der Waals surface area (Å²) in [5, 5.41) is 6.75. The van der Waals surface area contributed by atoms with Gasteiger partial charge in [0.1, 0.15) is 5.82 Å². The van der Waals surface area contributed by atoms with Crippen molar-refractivity contribution in [3.05, 3.63) is 65.8 Å². The van der Waals surface area contributed by atoms with Crippen molar-refractivity contribution in [2.75, 3.05) is 19.5 Å². The molecule has 11 heteroatoms. The van der Waals surface area contributed by atoms with Crippen molar-refractivity contribution in [3.8, 4) is 34.0 Å². The number of pyridine rings is 1. The minimum atomic E-state index is -4.62. The number of nitrogens with zero attached hydrogens (tertiary/aromatic N) is 5. The number of anilines is 1. The predicted octanol–water partition coefficient (Wildman–Crippen LogP) is 4.50. The largest absolute Gasteiger partial charge is 0.467 e. The number of aromatic nitrogens is 5. The van der Waals surface area contributed by atoms with Gasteiger partial charge in [0.2, 0.25) is 0 Å². The van der Waals surface area contributed by atoms with Crippen LogP contribution in [0.1, 0.15) is 17.0 Å². The Kier molecular flexibility index (Phi) is 4.76. The number of ether oxygens (including phenoxy) is 1. The molecule has 1 N–H and O–H groups in total. The van der Waals surface area contributed by atoms with Gasteiger partial charge in [0.05, 0.1) is 18.5 Å². The third-order valence-electron chi connectivity index (χ3n) is 5.46. The van der Waals surface area contributed by atoms with E-state index in [9.17, 15) is 17.6 Å². The van der Waals surface area contributed by atoms with Gasteiger partial charge < -0.3 is 10.1 Å². The third kappa shape index (κ3) is 3.45. The van der Waals surface area contributed by atoms with Crippen LogP contribution in [0.3, 0.4) is 0 Å². The number of fused-ring (bicyclic) bond motifs is 3. The Labute approximate surface area is 185 Å². The van der Waals surface area contributed by atoms with E-state index < -0.39 is 17.7 Å². The number of rotatable bonds is 4. The van der Waals surface area contributed by atoms with E-state index in [1.807, 2.05) is 0 Å². The van der Waals surface area contributed by atoms with Crippen LogP contribution in [0.2, 0.25) is 0 Å². The number of hydrogen-bond acceptors (Lipinski definition) is 6. The topological polar surface area (TPSA) is 77.8 Å². The summed E-state index contributed by atoms with van der Waals surface area (Å²) in [5.74, 6) is -0.480. The summed E-state index contributed by atoms with van der Waals surface area (Å²) in [6.45, 7) is 0. The van der Waals surface area contributed by atoms with E-state index in [1.165, 1.54) is 44.0 Å². The molecule has 0 aliphatic heterocycles. The van der Waals surface area contributed by atoms with Crippen LogP contribution in [0.25, 0.3) is 27.9 Å². The Morgan fingerprint density at radius 3 is 2.45 bits per heavy atom. The second-order valence-corrected chi connectivity index (χ2v) is 7.35. The van der Waals surface area contributed by atoms with E-state index in [1.54, 1.807) is 7.05 Å².